The molecule has 0 aliphatic carbocycles. The fourth-order valence-electron chi connectivity index (χ4n) is 3.83. The molecule has 1 aromatic carbocycles. The van der Waals surface area contributed by atoms with Crippen molar-refractivity contribution in [2.24, 2.45) is 0 Å². The van der Waals surface area contributed by atoms with E-state index in [0.29, 0.717) is 6.61 Å². The molecule has 1 fully saturated rings. The van der Waals surface area contributed by atoms with Crippen molar-refractivity contribution in [2.45, 2.75) is 116 Å². The van der Waals surface area contributed by atoms with Gasteiger partial charge in [0.25, 0.3) is 0 Å². The van der Waals surface area contributed by atoms with Crippen LogP contribution in [0.15, 0.2) is 30.3 Å². The summed E-state index contributed by atoms with van der Waals surface area (Å²) in [6, 6.07) is 8.35. The second kappa shape index (κ2) is 15.5. The monoisotopic (exact) mass is 414 g/mol. The summed E-state index contributed by atoms with van der Waals surface area (Å²) in [5.74, 6) is 0.936. The van der Waals surface area contributed by atoms with Crippen LogP contribution in [0.2, 0.25) is 0 Å². The predicted octanol–water partition coefficient (Wildman–Crippen LogP) is 8.74. The van der Waals surface area contributed by atoms with E-state index < -0.39 is 0 Å². The fourth-order valence-corrected chi connectivity index (χ4v) is 3.83. The topological polar surface area (TPSA) is 21.8 Å². The molecular formula is C28H46O2. The van der Waals surface area contributed by atoms with Crippen LogP contribution in [0.5, 0.6) is 5.75 Å². The smallest absolute Gasteiger partial charge is 0.123 e. The lowest BCUT2D eigenvalue weighted by molar-refractivity contribution is 0.202. The van der Waals surface area contributed by atoms with Crippen molar-refractivity contribution in [3.63, 3.8) is 0 Å². The first-order chi connectivity index (χ1) is 14.7. The summed E-state index contributed by atoms with van der Waals surface area (Å²) in [5.41, 5.74) is 1.17. The highest BCUT2D eigenvalue weighted by molar-refractivity contribution is 5.51. The van der Waals surface area contributed by atoms with Crippen LogP contribution in [0.4, 0.5) is 0 Å². The molecule has 0 radical (unpaired) electrons. The van der Waals surface area contributed by atoms with E-state index in [9.17, 15) is 0 Å². The highest BCUT2D eigenvalue weighted by Crippen LogP contribution is 2.27. The molecule has 1 atom stereocenters. The number of hydrogen-bond donors (Lipinski definition) is 0. The second-order valence-electron chi connectivity index (χ2n) is 9.39. The minimum absolute atomic E-state index is 0.0558. The summed E-state index contributed by atoms with van der Waals surface area (Å²) < 4.78 is 11.2. The van der Waals surface area contributed by atoms with E-state index in [-0.39, 0.29) is 5.60 Å². The van der Waals surface area contributed by atoms with Crippen LogP contribution in [0.3, 0.4) is 0 Å². The van der Waals surface area contributed by atoms with Crippen molar-refractivity contribution >= 4 is 6.08 Å². The Hall–Kier alpha value is -1.28. The minimum atomic E-state index is -0.0558. The summed E-state index contributed by atoms with van der Waals surface area (Å²) in [5, 5.41) is 0. The van der Waals surface area contributed by atoms with Gasteiger partial charge in [-0.25, -0.2) is 0 Å². The van der Waals surface area contributed by atoms with Gasteiger partial charge in [-0.3, -0.25) is 0 Å². The summed E-state index contributed by atoms with van der Waals surface area (Å²) in [6.45, 7) is 5.83. The zero-order valence-electron chi connectivity index (χ0n) is 19.8. The van der Waals surface area contributed by atoms with Gasteiger partial charge in [-0.15, -0.1) is 0 Å². The van der Waals surface area contributed by atoms with Crippen molar-refractivity contribution in [1.29, 1.82) is 0 Å². The molecule has 0 amide bonds. The molecule has 1 saturated heterocycles. The van der Waals surface area contributed by atoms with E-state index >= 15 is 0 Å². The van der Waals surface area contributed by atoms with Crippen LogP contribution in [0, 0.1) is 0 Å². The maximum Gasteiger partial charge on any atom is 0.123 e. The number of unbranched alkanes of at least 4 members (excludes halogenated alkanes) is 14. The average molecular weight is 415 g/mol. The molecule has 2 nitrogen and oxygen atoms in total. The summed E-state index contributed by atoms with van der Waals surface area (Å²) in [6.07, 6.45) is 25.6. The number of benzene rings is 1. The molecule has 1 unspecified atom stereocenters. The Kier molecular flexibility index (Phi) is 12.9. The van der Waals surface area contributed by atoms with Crippen LogP contribution in [-0.2, 0) is 4.74 Å². The number of hydrogen-bond acceptors (Lipinski definition) is 2. The third kappa shape index (κ3) is 12.4. The number of allylic oxidation sites excluding steroid dienone is 1. The summed E-state index contributed by atoms with van der Waals surface area (Å²) in [4.78, 5) is 0. The Balaban J connectivity index is 1.38. The summed E-state index contributed by atoms with van der Waals surface area (Å²) >= 11 is 0. The van der Waals surface area contributed by atoms with Crippen molar-refractivity contribution in [1.82, 2.24) is 0 Å². The Labute approximate surface area is 186 Å². The third-order valence-electron chi connectivity index (χ3n) is 6.07. The molecule has 0 bridgehead atoms. The van der Waals surface area contributed by atoms with E-state index in [1.54, 1.807) is 0 Å². The highest BCUT2D eigenvalue weighted by atomic mass is 16.6. The van der Waals surface area contributed by atoms with E-state index in [4.69, 9.17) is 9.47 Å². The number of ether oxygens (including phenoxy) is 2. The molecule has 1 heterocycles. The normalized spacial score (nSPS) is 18.2. The standard InChI is InChI=1S/C28H46O2/c1-3-4-5-6-7-8-9-10-11-12-13-14-15-16-17-18-20-26-21-19-22-27(23-26)29-24-28(2)25-30-28/h18-23H,3-17,24-25H2,1-2H3/b20-18+. The van der Waals surface area contributed by atoms with Crippen molar-refractivity contribution < 1.29 is 9.47 Å². The van der Waals surface area contributed by atoms with Crippen LogP contribution < -0.4 is 4.74 Å². The Morgan fingerprint density at radius 3 is 2.00 bits per heavy atom. The van der Waals surface area contributed by atoms with Gasteiger partial charge in [-0.05, 0) is 37.5 Å². The fraction of sp³-hybridized carbons (Fsp3) is 0.714. The maximum atomic E-state index is 5.85. The Morgan fingerprint density at radius 1 is 0.867 bits per heavy atom. The van der Waals surface area contributed by atoms with Gasteiger partial charge in [-0.1, -0.05) is 115 Å². The first kappa shape index (κ1) is 25.0. The lowest BCUT2D eigenvalue weighted by Gasteiger charge is -2.09. The van der Waals surface area contributed by atoms with Crippen LogP contribution in [-0.4, -0.2) is 18.8 Å². The maximum absolute atomic E-state index is 5.85. The average Bonchev–Trinajstić information content (AvgIpc) is 3.50. The first-order valence-corrected chi connectivity index (χ1v) is 12.8. The van der Waals surface area contributed by atoms with Gasteiger partial charge in [0.15, 0.2) is 0 Å². The van der Waals surface area contributed by atoms with Crippen molar-refractivity contribution in [3.8, 4) is 5.75 Å². The van der Waals surface area contributed by atoms with E-state index in [1.807, 2.05) is 6.07 Å². The molecule has 2 rings (SSSR count). The molecule has 1 aliphatic rings. The van der Waals surface area contributed by atoms with Crippen molar-refractivity contribution in [3.05, 3.63) is 35.9 Å². The lowest BCUT2D eigenvalue weighted by atomic mass is 10.0. The SMILES string of the molecule is CCCCCCCCCCCCCCCC/C=C/c1cccc(OCC2(C)CO2)c1. The molecule has 0 saturated carbocycles. The predicted molar refractivity (Wildman–Crippen MR) is 130 cm³/mol. The highest BCUT2D eigenvalue weighted by Gasteiger charge is 2.40. The summed E-state index contributed by atoms with van der Waals surface area (Å²) in [7, 11) is 0. The van der Waals surface area contributed by atoms with E-state index in [2.05, 4.69) is 44.2 Å². The van der Waals surface area contributed by atoms with Crippen LogP contribution >= 0.6 is 0 Å². The van der Waals surface area contributed by atoms with Gasteiger partial charge >= 0.3 is 0 Å². The molecule has 2 heteroatoms. The lowest BCUT2D eigenvalue weighted by Crippen LogP contribution is -2.16. The molecule has 0 spiro atoms. The van der Waals surface area contributed by atoms with Gasteiger partial charge < -0.3 is 9.47 Å². The zero-order valence-corrected chi connectivity index (χ0v) is 19.8. The Morgan fingerprint density at radius 2 is 1.43 bits per heavy atom. The second-order valence-corrected chi connectivity index (χ2v) is 9.39. The molecular weight excluding hydrogens is 368 g/mol. The largest absolute Gasteiger partial charge is 0.490 e. The molecule has 170 valence electrons. The molecule has 0 N–H and O–H groups in total. The van der Waals surface area contributed by atoms with Gasteiger partial charge in [0, 0.05) is 0 Å². The number of epoxide rings is 1. The molecule has 0 aromatic heterocycles. The van der Waals surface area contributed by atoms with Gasteiger partial charge in [-0.2, -0.15) is 0 Å². The number of rotatable bonds is 19. The quantitative estimate of drug-likeness (QED) is 0.167. The van der Waals surface area contributed by atoms with E-state index in [1.165, 1.54) is 102 Å². The minimum Gasteiger partial charge on any atom is -0.490 e. The van der Waals surface area contributed by atoms with Gasteiger partial charge in [0.1, 0.15) is 18.0 Å². The van der Waals surface area contributed by atoms with Crippen LogP contribution in [0.25, 0.3) is 6.08 Å². The molecule has 1 aliphatic heterocycles. The molecule has 1 aromatic rings. The Bertz CT molecular complexity index is 574. The van der Waals surface area contributed by atoms with E-state index in [0.717, 1.165) is 12.4 Å². The van der Waals surface area contributed by atoms with Gasteiger partial charge in [0.05, 0.1) is 6.61 Å². The zero-order chi connectivity index (χ0) is 21.3. The van der Waals surface area contributed by atoms with Gasteiger partial charge in [0.2, 0.25) is 0 Å². The third-order valence-corrected chi connectivity index (χ3v) is 6.07. The van der Waals surface area contributed by atoms with Crippen molar-refractivity contribution in [2.75, 3.05) is 13.2 Å². The first-order valence-electron chi connectivity index (χ1n) is 12.8. The van der Waals surface area contributed by atoms with Crippen LogP contribution in [0.1, 0.15) is 116 Å². The molecule has 30 heavy (non-hydrogen) atoms.